The fraction of sp³-hybridized carbons (Fsp3) is 0.188. The van der Waals surface area contributed by atoms with E-state index < -0.39 is 0 Å². The summed E-state index contributed by atoms with van der Waals surface area (Å²) < 4.78 is 13.9. The van der Waals surface area contributed by atoms with Gasteiger partial charge in [0.15, 0.2) is 0 Å². The summed E-state index contributed by atoms with van der Waals surface area (Å²) in [5.41, 5.74) is 3.09. The summed E-state index contributed by atoms with van der Waals surface area (Å²) in [6.07, 6.45) is 2.80. The quantitative estimate of drug-likeness (QED) is 0.739. The van der Waals surface area contributed by atoms with Gasteiger partial charge >= 0.3 is 0 Å². The molecule has 3 aromatic rings. The highest BCUT2D eigenvalue weighted by molar-refractivity contribution is 7.99. The molecule has 5 heteroatoms. The molecule has 21 heavy (non-hydrogen) atoms. The summed E-state index contributed by atoms with van der Waals surface area (Å²) in [5, 5.41) is 11.7. The number of hydrogen-bond donors (Lipinski definition) is 2. The van der Waals surface area contributed by atoms with Crippen molar-refractivity contribution >= 4 is 28.4 Å². The second kappa shape index (κ2) is 5.07. The number of nitrogens with zero attached hydrogens (tertiary/aromatic N) is 1. The van der Waals surface area contributed by atoms with Crippen LogP contribution in [-0.4, -0.2) is 16.0 Å². The fourth-order valence-corrected chi connectivity index (χ4v) is 3.96. The van der Waals surface area contributed by atoms with Crippen LogP contribution in [0.2, 0.25) is 0 Å². The molecule has 0 saturated carbocycles. The van der Waals surface area contributed by atoms with Crippen LogP contribution in [0.4, 0.5) is 10.1 Å². The van der Waals surface area contributed by atoms with Crippen LogP contribution in [0.3, 0.4) is 0 Å². The van der Waals surface area contributed by atoms with Crippen LogP contribution in [0.1, 0.15) is 18.0 Å². The third-order valence-corrected chi connectivity index (χ3v) is 5.00. The summed E-state index contributed by atoms with van der Waals surface area (Å²) in [5.74, 6) is 0.804. The lowest BCUT2D eigenvalue weighted by atomic mass is 10.0. The topological polar surface area (TPSA) is 40.7 Å². The first-order valence-electron chi connectivity index (χ1n) is 6.93. The van der Waals surface area contributed by atoms with Gasteiger partial charge in [-0.1, -0.05) is 18.2 Å². The van der Waals surface area contributed by atoms with Crippen LogP contribution in [0.25, 0.3) is 10.9 Å². The van der Waals surface area contributed by atoms with Crippen molar-refractivity contribution in [3.8, 4) is 0 Å². The Hall–Kier alpha value is -2.01. The number of aromatic amines is 1. The maximum atomic E-state index is 13.9. The van der Waals surface area contributed by atoms with Crippen molar-refractivity contribution in [2.24, 2.45) is 0 Å². The predicted octanol–water partition coefficient (Wildman–Crippen LogP) is 4.35. The number of anilines is 1. The van der Waals surface area contributed by atoms with E-state index in [0.717, 1.165) is 39.2 Å². The molecular weight excluding hydrogens is 285 g/mol. The van der Waals surface area contributed by atoms with Crippen molar-refractivity contribution in [3.63, 3.8) is 0 Å². The molecule has 3 nitrogen and oxygen atoms in total. The van der Waals surface area contributed by atoms with E-state index in [1.54, 1.807) is 17.8 Å². The molecule has 1 aliphatic heterocycles. The normalized spacial score (nSPS) is 17.7. The molecular formula is C16H14FN3S. The average molecular weight is 299 g/mol. The molecule has 0 bridgehead atoms. The summed E-state index contributed by atoms with van der Waals surface area (Å²) in [4.78, 5) is 0.778. The number of fused-ring (bicyclic) bond motifs is 2. The monoisotopic (exact) mass is 299 g/mol. The summed E-state index contributed by atoms with van der Waals surface area (Å²) in [6, 6.07) is 11.5. The Kier molecular flexibility index (Phi) is 3.07. The van der Waals surface area contributed by atoms with Gasteiger partial charge in [0.25, 0.3) is 0 Å². The third kappa shape index (κ3) is 2.17. The number of aromatic nitrogens is 2. The molecule has 0 aliphatic carbocycles. The Morgan fingerprint density at radius 1 is 1.24 bits per heavy atom. The summed E-state index contributed by atoms with van der Waals surface area (Å²) >= 11 is 1.60. The molecule has 1 aromatic heterocycles. The number of benzene rings is 2. The fourth-order valence-electron chi connectivity index (χ4n) is 2.82. The zero-order chi connectivity index (χ0) is 14.2. The SMILES string of the molecule is Fc1cccc2c1SCCC2Nc1cccc2[nH]ncc12. The Labute approximate surface area is 125 Å². The molecule has 0 saturated heterocycles. The van der Waals surface area contributed by atoms with E-state index in [4.69, 9.17) is 0 Å². The summed E-state index contributed by atoms with van der Waals surface area (Å²) in [7, 11) is 0. The van der Waals surface area contributed by atoms with Crippen molar-refractivity contribution < 1.29 is 4.39 Å². The van der Waals surface area contributed by atoms with Gasteiger partial charge in [-0.2, -0.15) is 5.10 Å². The van der Waals surface area contributed by atoms with Gasteiger partial charge in [-0.15, -0.1) is 11.8 Å². The van der Waals surface area contributed by atoms with E-state index in [0.29, 0.717) is 0 Å². The molecule has 0 amide bonds. The van der Waals surface area contributed by atoms with E-state index in [1.807, 2.05) is 30.5 Å². The summed E-state index contributed by atoms with van der Waals surface area (Å²) in [6.45, 7) is 0. The van der Waals surface area contributed by atoms with Gasteiger partial charge in [-0.25, -0.2) is 4.39 Å². The second-order valence-corrected chi connectivity index (χ2v) is 6.23. The molecule has 4 rings (SSSR count). The molecule has 2 heterocycles. The van der Waals surface area contributed by atoms with Crippen LogP contribution < -0.4 is 5.32 Å². The van der Waals surface area contributed by atoms with Crippen molar-refractivity contribution in [2.75, 3.05) is 11.1 Å². The van der Waals surface area contributed by atoms with Crippen LogP contribution in [0.5, 0.6) is 0 Å². The van der Waals surface area contributed by atoms with Gasteiger partial charge in [0, 0.05) is 21.7 Å². The third-order valence-electron chi connectivity index (χ3n) is 3.84. The number of hydrogen-bond acceptors (Lipinski definition) is 3. The molecule has 0 radical (unpaired) electrons. The standard InChI is InChI=1S/C16H14FN3S/c17-12-4-1-3-10-14(7-8-21-16(10)12)19-13-5-2-6-15-11(13)9-18-20-15/h1-6,9,14,19H,7-8H2,(H,18,20). The van der Waals surface area contributed by atoms with E-state index in [2.05, 4.69) is 15.5 Å². The minimum Gasteiger partial charge on any atom is -0.378 e. The largest absolute Gasteiger partial charge is 0.378 e. The lowest BCUT2D eigenvalue weighted by Crippen LogP contribution is -2.16. The Bertz CT molecular complexity index is 799. The van der Waals surface area contributed by atoms with Crippen molar-refractivity contribution in [1.82, 2.24) is 10.2 Å². The Morgan fingerprint density at radius 3 is 3.10 bits per heavy atom. The maximum absolute atomic E-state index is 13.9. The number of rotatable bonds is 2. The van der Waals surface area contributed by atoms with Gasteiger partial charge in [-0.3, -0.25) is 5.10 Å². The second-order valence-electron chi connectivity index (χ2n) is 5.13. The highest BCUT2D eigenvalue weighted by atomic mass is 32.2. The zero-order valence-corrected chi connectivity index (χ0v) is 12.1. The van der Waals surface area contributed by atoms with E-state index >= 15 is 0 Å². The lowest BCUT2D eigenvalue weighted by Gasteiger charge is -2.27. The van der Waals surface area contributed by atoms with Gasteiger partial charge in [0.1, 0.15) is 5.82 Å². The molecule has 1 unspecified atom stereocenters. The van der Waals surface area contributed by atoms with Gasteiger partial charge in [0.05, 0.1) is 17.8 Å². The average Bonchev–Trinajstić information content (AvgIpc) is 2.98. The minimum atomic E-state index is -0.120. The molecule has 1 aliphatic rings. The van der Waals surface area contributed by atoms with Crippen LogP contribution >= 0.6 is 11.8 Å². The lowest BCUT2D eigenvalue weighted by molar-refractivity contribution is 0.585. The van der Waals surface area contributed by atoms with Crippen molar-refractivity contribution in [1.29, 1.82) is 0 Å². The van der Waals surface area contributed by atoms with Gasteiger partial charge in [0.2, 0.25) is 0 Å². The number of thioether (sulfide) groups is 1. The Balaban J connectivity index is 1.73. The Morgan fingerprint density at radius 2 is 2.14 bits per heavy atom. The molecule has 0 fully saturated rings. The number of H-pyrrole nitrogens is 1. The van der Waals surface area contributed by atoms with Crippen LogP contribution in [0.15, 0.2) is 47.5 Å². The van der Waals surface area contributed by atoms with Gasteiger partial charge < -0.3 is 5.32 Å². The molecule has 2 N–H and O–H groups in total. The molecule has 0 spiro atoms. The first-order chi connectivity index (χ1) is 10.3. The van der Waals surface area contributed by atoms with Crippen LogP contribution in [0, 0.1) is 5.82 Å². The molecule has 1 atom stereocenters. The first kappa shape index (κ1) is 12.7. The predicted molar refractivity (Wildman–Crippen MR) is 84.2 cm³/mol. The van der Waals surface area contributed by atoms with Gasteiger partial charge in [-0.05, 0) is 30.2 Å². The number of halogens is 1. The minimum absolute atomic E-state index is 0.120. The molecule has 2 aromatic carbocycles. The molecule has 106 valence electrons. The maximum Gasteiger partial charge on any atom is 0.137 e. The van der Waals surface area contributed by atoms with Crippen molar-refractivity contribution in [2.45, 2.75) is 17.4 Å². The first-order valence-corrected chi connectivity index (χ1v) is 7.91. The van der Waals surface area contributed by atoms with Crippen LogP contribution in [-0.2, 0) is 0 Å². The highest BCUT2D eigenvalue weighted by Gasteiger charge is 2.23. The van der Waals surface area contributed by atoms with E-state index in [-0.39, 0.29) is 11.9 Å². The highest BCUT2D eigenvalue weighted by Crippen LogP contribution is 2.40. The zero-order valence-electron chi connectivity index (χ0n) is 11.3. The van der Waals surface area contributed by atoms with E-state index in [1.165, 1.54) is 6.07 Å². The van der Waals surface area contributed by atoms with E-state index in [9.17, 15) is 4.39 Å². The number of nitrogens with one attached hydrogen (secondary N) is 2. The smallest absolute Gasteiger partial charge is 0.137 e. The van der Waals surface area contributed by atoms with Crippen molar-refractivity contribution in [3.05, 3.63) is 54.0 Å².